The first-order chi connectivity index (χ1) is 6.33. The van der Waals surface area contributed by atoms with E-state index in [0.717, 1.165) is 18.4 Å². The molecule has 0 aliphatic heterocycles. The van der Waals surface area contributed by atoms with Gasteiger partial charge in [0.05, 0.1) is 6.26 Å². The highest BCUT2D eigenvalue weighted by Gasteiger charge is 2.18. The number of rotatable bonds is 0. The molecule has 0 spiro atoms. The molecule has 2 N–H and O–H groups in total. The summed E-state index contributed by atoms with van der Waals surface area (Å²) in [5.74, 6) is 0. The van der Waals surface area contributed by atoms with Crippen LogP contribution in [-0.4, -0.2) is 6.04 Å². The van der Waals surface area contributed by atoms with Gasteiger partial charge >= 0.3 is 0 Å². The average Bonchev–Trinajstić information content (AvgIpc) is 2.63. The molecule has 3 rings (SSSR count). The number of benzene rings is 1. The highest BCUT2D eigenvalue weighted by molar-refractivity contribution is 5.85. The summed E-state index contributed by atoms with van der Waals surface area (Å²) >= 11 is 0. The summed E-state index contributed by atoms with van der Waals surface area (Å²) < 4.78 is 5.34. The Morgan fingerprint density at radius 3 is 2.71 bits per heavy atom. The van der Waals surface area contributed by atoms with Crippen LogP contribution in [0.25, 0.3) is 11.0 Å². The lowest BCUT2D eigenvalue weighted by Crippen LogP contribution is -2.18. The van der Waals surface area contributed by atoms with Gasteiger partial charge in [-0.25, -0.2) is 0 Å². The molecule has 2 aromatic rings. The van der Waals surface area contributed by atoms with Crippen molar-refractivity contribution in [3.05, 3.63) is 35.6 Å². The fourth-order valence-electron chi connectivity index (χ4n) is 2.12. The van der Waals surface area contributed by atoms with Crippen LogP contribution in [0, 0.1) is 0 Å². The molecule has 0 fully saturated rings. The van der Waals surface area contributed by atoms with Gasteiger partial charge in [-0.3, -0.25) is 0 Å². The third kappa shape index (κ3) is 1.31. The second-order valence-electron chi connectivity index (χ2n) is 3.75. The van der Waals surface area contributed by atoms with Crippen molar-refractivity contribution < 1.29 is 4.42 Å². The van der Waals surface area contributed by atoms with Gasteiger partial charge in [0.2, 0.25) is 0 Å². The summed E-state index contributed by atoms with van der Waals surface area (Å²) in [7, 11) is 0. The van der Waals surface area contributed by atoms with Crippen LogP contribution < -0.4 is 5.73 Å². The van der Waals surface area contributed by atoms with E-state index in [1.54, 1.807) is 6.26 Å². The molecule has 14 heavy (non-hydrogen) atoms. The summed E-state index contributed by atoms with van der Waals surface area (Å²) in [6.45, 7) is 0. The van der Waals surface area contributed by atoms with Gasteiger partial charge in [0.25, 0.3) is 0 Å². The topological polar surface area (TPSA) is 39.2 Å². The van der Waals surface area contributed by atoms with Crippen molar-refractivity contribution >= 4 is 23.4 Å². The summed E-state index contributed by atoms with van der Waals surface area (Å²) in [5.41, 5.74) is 9.61. The van der Waals surface area contributed by atoms with Gasteiger partial charge < -0.3 is 10.2 Å². The Bertz CT molecular complexity index is 423. The van der Waals surface area contributed by atoms with Crippen molar-refractivity contribution in [1.82, 2.24) is 0 Å². The van der Waals surface area contributed by atoms with Crippen molar-refractivity contribution in [2.75, 3.05) is 0 Å². The number of furan rings is 1. The molecular weight excluding hydrogens is 198 g/mol. The normalized spacial score (nSPS) is 19.4. The minimum Gasteiger partial charge on any atom is -0.464 e. The van der Waals surface area contributed by atoms with Crippen LogP contribution in [-0.2, 0) is 12.8 Å². The summed E-state index contributed by atoms with van der Waals surface area (Å²) in [5, 5.41) is 1.19. The lowest BCUT2D eigenvalue weighted by molar-refractivity contribution is 0.615. The molecule has 3 heteroatoms. The molecular formula is C11H12ClNO. The largest absolute Gasteiger partial charge is 0.464 e. The first-order valence-electron chi connectivity index (χ1n) is 4.57. The average molecular weight is 210 g/mol. The molecule has 1 heterocycles. The zero-order valence-corrected chi connectivity index (χ0v) is 8.51. The Hall–Kier alpha value is -0.990. The Kier molecular flexibility index (Phi) is 2.25. The van der Waals surface area contributed by atoms with E-state index in [0.29, 0.717) is 6.04 Å². The summed E-state index contributed by atoms with van der Waals surface area (Å²) in [6.07, 6.45) is 3.74. The minimum atomic E-state index is 0. The fourth-order valence-corrected chi connectivity index (χ4v) is 2.12. The molecule has 1 aliphatic rings. The van der Waals surface area contributed by atoms with Crippen molar-refractivity contribution in [3.63, 3.8) is 0 Å². The zero-order valence-electron chi connectivity index (χ0n) is 7.69. The van der Waals surface area contributed by atoms with E-state index in [1.807, 2.05) is 6.07 Å². The lowest BCUT2D eigenvalue weighted by atomic mass is 10.1. The van der Waals surface area contributed by atoms with Crippen molar-refractivity contribution in [3.8, 4) is 0 Å². The summed E-state index contributed by atoms with van der Waals surface area (Å²) in [6, 6.07) is 6.62. The van der Waals surface area contributed by atoms with Crippen LogP contribution in [0.2, 0.25) is 0 Å². The number of halogens is 1. The predicted molar refractivity (Wildman–Crippen MR) is 58.8 cm³/mol. The van der Waals surface area contributed by atoms with E-state index >= 15 is 0 Å². The third-order valence-electron chi connectivity index (χ3n) is 2.74. The van der Waals surface area contributed by atoms with Crippen molar-refractivity contribution in [2.24, 2.45) is 5.73 Å². The second-order valence-corrected chi connectivity index (χ2v) is 3.75. The molecule has 1 atom stereocenters. The SMILES string of the molecule is Cl.NC1Cc2cc3ccoc3cc2C1. The maximum Gasteiger partial charge on any atom is 0.134 e. The smallest absolute Gasteiger partial charge is 0.134 e. The second kappa shape index (κ2) is 3.30. The quantitative estimate of drug-likeness (QED) is 0.723. The monoisotopic (exact) mass is 209 g/mol. The van der Waals surface area contributed by atoms with E-state index in [9.17, 15) is 0 Å². The van der Waals surface area contributed by atoms with Crippen LogP contribution in [0.1, 0.15) is 11.1 Å². The maximum atomic E-state index is 5.89. The third-order valence-corrected chi connectivity index (χ3v) is 2.74. The Morgan fingerprint density at radius 2 is 1.93 bits per heavy atom. The van der Waals surface area contributed by atoms with E-state index in [-0.39, 0.29) is 12.4 Å². The maximum absolute atomic E-state index is 5.89. The van der Waals surface area contributed by atoms with Crippen LogP contribution >= 0.6 is 12.4 Å². The molecule has 1 aromatic carbocycles. The highest BCUT2D eigenvalue weighted by atomic mass is 35.5. The van der Waals surface area contributed by atoms with Gasteiger partial charge in [-0.05, 0) is 42.2 Å². The fraction of sp³-hybridized carbons (Fsp3) is 0.273. The molecule has 1 unspecified atom stereocenters. The van der Waals surface area contributed by atoms with Gasteiger partial charge in [-0.15, -0.1) is 12.4 Å². The van der Waals surface area contributed by atoms with Crippen molar-refractivity contribution in [2.45, 2.75) is 18.9 Å². The Balaban J connectivity index is 0.000000750. The standard InChI is InChI=1S/C11H11NO.ClH/c12-10-4-8-3-7-1-2-13-11(7)6-9(8)5-10;/h1-3,6,10H,4-5,12H2;1H. The Labute approximate surface area is 88.5 Å². The summed E-state index contributed by atoms with van der Waals surface area (Å²) in [4.78, 5) is 0. The molecule has 0 saturated carbocycles. The zero-order chi connectivity index (χ0) is 8.84. The van der Waals surface area contributed by atoms with Gasteiger partial charge in [-0.1, -0.05) is 0 Å². The molecule has 1 aromatic heterocycles. The van der Waals surface area contributed by atoms with Crippen LogP contribution in [0.4, 0.5) is 0 Å². The van der Waals surface area contributed by atoms with Gasteiger partial charge in [0, 0.05) is 11.4 Å². The predicted octanol–water partition coefficient (Wildman–Crippen LogP) is 2.28. The number of hydrogen-bond acceptors (Lipinski definition) is 2. The van der Waals surface area contributed by atoms with Crippen LogP contribution in [0.5, 0.6) is 0 Å². The highest BCUT2D eigenvalue weighted by Crippen LogP contribution is 2.27. The van der Waals surface area contributed by atoms with E-state index in [2.05, 4.69) is 12.1 Å². The molecule has 0 amide bonds. The van der Waals surface area contributed by atoms with Crippen molar-refractivity contribution in [1.29, 1.82) is 0 Å². The first-order valence-corrected chi connectivity index (χ1v) is 4.57. The van der Waals surface area contributed by atoms with E-state index < -0.39 is 0 Å². The number of fused-ring (bicyclic) bond motifs is 2. The minimum absolute atomic E-state index is 0. The first kappa shape index (κ1) is 9.56. The van der Waals surface area contributed by atoms with E-state index in [1.165, 1.54) is 16.5 Å². The Morgan fingerprint density at radius 1 is 1.21 bits per heavy atom. The molecule has 1 aliphatic carbocycles. The van der Waals surface area contributed by atoms with Crippen LogP contribution in [0.3, 0.4) is 0 Å². The molecule has 2 nitrogen and oxygen atoms in total. The van der Waals surface area contributed by atoms with E-state index in [4.69, 9.17) is 10.2 Å². The number of hydrogen-bond donors (Lipinski definition) is 1. The lowest BCUT2D eigenvalue weighted by Gasteiger charge is -1.96. The van der Waals surface area contributed by atoms with Gasteiger partial charge in [0.15, 0.2) is 0 Å². The molecule has 74 valence electrons. The van der Waals surface area contributed by atoms with Gasteiger partial charge in [-0.2, -0.15) is 0 Å². The number of nitrogens with two attached hydrogens (primary N) is 1. The molecule has 0 radical (unpaired) electrons. The molecule has 0 bridgehead atoms. The van der Waals surface area contributed by atoms with Crippen LogP contribution in [0.15, 0.2) is 28.9 Å². The van der Waals surface area contributed by atoms with Gasteiger partial charge in [0.1, 0.15) is 5.58 Å². The molecule has 0 saturated heterocycles.